The van der Waals surface area contributed by atoms with Gasteiger partial charge in [-0.2, -0.15) is 11.8 Å². The molecule has 1 unspecified atom stereocenters. The smallest absolute Gasteiger partial charge is 0.210 e. The Morgan fingerprint density at radius 3 is 2.75 bits per heavy atom. The van der Waals surface area contributed by atoms with E-state index in [-0.39, 0.29) is 0 Å². The van der Waals surface area contributed by atoms with E-state index in [1.807, 2.05) is 13.2 Å². The molecule has 7 heteroatoms. The number of halogens is 1. The molecule has 1 aromatic heterocycles. The van der Waals surface area contributed by atoms with E-state index in [1.54, 1.807) is 23.9 Å². The topological polar surface area (TPSA) is 46.2 Å². The number of hydrogen-bond donors (Lipinski definition) is 1. The fraction of sp³-hybridized carbons (Fsp3) is 0.556. The van der Waals surface area contributed by atoms with Crippen molar-refractivity contribution in [2.24, 2.45) is 5.92 Å². The summed E-state index contributed by atoms with van der Waals surface area (Å²) in [4.78, 5) is 0. The van der Waals surface area contributed by atoms with Crippen LogP contribution in [-0.2, 0) is 10.0 Å². The van der Waals surface area contributed by atoms with Gasteiger partial charge in [0.05, 0.1) is 3.79 Å². The Morgan fingerprint density at radius 1 is 1.56 bits per heavy atom. The number of rotatable bonds is 6. The van der Waals surface area contributed by atoms with Crippen molar-refractivity contribution in [1.29, 1.82) is 0 Å². The average Bonchev–Trinajstić information content (AvgIpc) is 2.63. The molecule has 0 radical (unpaired) electrons. The van der Waals surface area contributed by atoms with E-state index >= 15 is 0 Å². The fourth-order valence-electron chi connectivity index (χ4n) is 1.11. The van der Waals surface area contributed by atoms with Crippen molar-refractivity contribution < 1.29 is 8.42 Å². The van der Waals surface area contributed by atoms with Crippen molar-refractivity contribution in [2.75, 3.05) is 18.6 Å². The van der Waals surface area contributed by atoms with E-state index in [0.717, 1.165) is 9.54 Å². The van der Waals surface area contributed by atoms with E-state index in [4.69, 9.17) is 0 Å². The van der Waals surface area contributed by atoms with Gasteiger partial charge in [0.15, 0.2) is 0 Å². The van der Waals surface area contributed by atoms with Crippen molar-refractivity contribution in [2.45, 2.75) is 11.1 Å². The minimum atomic E-state index is -3.32. The highest BCUT2D eigenvalue weighted by Gasteiger charge is 2.16. The molecule has 0 bridgehead atoms. The Bertz CT molecular complexity index is 430. The number of hydrogen-bond acceptors (Lipinski definition) is 4. The van der Waals surface area contributed by atoms with Crippen LogP contribution in [0.4, 0.5) is 0 Å². The lowest BCUT2D eigenvalue weighted by Crippen LogP contribution is -2.28. The SMILES string of the molecule is CSCC(C)CNS(=O)(=O)c1ccc(Br)s1. The van der Waals surface area contributed by atoms with E-state index in [2.05, 4.69) is 20.7 Å². The molecule has 0 saturated carbocycles. The molecule has 1 heterocycles. The Labute approximate surface area is 113 Å². The van der Waals surface area contributed by atoms with Crippen molar-refractivity contribution >= 4 is 49.1 Å². The third-order valence-corrected chi connectivity index (χ3v) is 6.33. The van der Waals surface area contributed by atoms with Gasteiger partial charge in [-0.25, -0.2) is 13.1 Å². The highest BCUT2D eigenvalue weighted by atomic mass is 79.9. The van der Waals surface area contributed by atoms with E-state index in [9.17, 15) is 8.42 Å². The molecule has 1 aromatic rings. The van der Waals surface area contributed by atoms with Crippen LogP contribution in [0.1, 0.15) is 6.92 Å². The lowest BCUT2D eigenvalue weighted by Gasteiger charge is -2.10. The van der Waals surface area contributed by atoms with Gasteiger partial charge < -0.3 is 0 Å². The first-order chi connectivity index (χ1) is 7.45. The van der Waals surface area contributed by atoms with Crippen LogP contribution in [0.3, 0.4) is 0 Å². The second-order valence-corrected chi connectivity index (χ2v) is 8.84. The highest BCUT2D eigenvalue weighted by Crippen LogP contribution is 2.25. The maximum Gasteiger partial charge on any atom is 0.250 e. The van der Waals surface area contributed by atoms with Crippen molar-refractivity contribution in [3.8, 4) is 0 Å². The standard InChI is InChI=1S/C9H14BrNO2S3/c1-7(6-14-2)5-11-16(12,13)9-4-3-8(10)15-9/h3-4,7,11H,5-6H2,1-2H3. The Morgan fingerprint density at radius 2 is 2.25 bits per heavy atom. The maximum atomic E-state index is 11.8. The van der Waals surface area contributed by atoms with Gasteiger partial charge in [0, 0.05) is 6.54 Å². The molecule has 16 heavy (non-hydrogen) atoms. The molecule has 1 rings (SSSR count). The normalized spacial score (nSPS) is 13.9. The third kappa shape index (κ3) is 4.37. The third-order valence-electron chi connectivity index (χ3n) is 1.89. The van der Waals surface area contributed by atoms with Crippen LogP contribution < -0.4 is 4.72 Å². The molecule has 0 spiro atoms. The zero-order valence-corrected chi connectivity index (χ0v) is 13.1. The summed E-state index contributed by atoms with van der Waals surface area (Å²) in [5, 5.41) is 0. The Hall–Kier alpha value is 0.440. The van der Waals surface area contributed by atoms with Crippen LogP contribution in [0.5, 0.6) is 0 Å². The molecule has 0 amide bonds. The summed E-state index contributed by atoms with van der Waals surface area (Å²) >= 11 is 6.19. The van der Waals surface area contributed by atoms with Crippen LogP contribution >= 0.6 is 39.0 Å². The largest absolute Gasteiger partial charge is 0.250 e. The summed E-state index contributed by atoms with van der Waals surface area (Å²) in [5.41, 5.74) is 0. The number of sulfonamides is 1. The van der Waals surface area contributed by atoms with Gasteiger partial charge in [-0.1, -0.05) is 6.92 Å². The van der Waals surface area contributed by atoms with E-state index < -0.39 is 10.0 Å². The highest BCUT2D eigenvalue weighted by molar-refractivity contribution is 9.11. The van der Waals surface area contributed by atoms with Gasteiger partial charge in [0.25, 0.3) is 0 Å². The predicted molar refractivity (Wildman–Crippen MR) is 74.8 cm³/mol. The molecule has 92 valence electrons. The van der Waals surface area contributed by atoms with Crippen LogP contribution in [0, 0.1) is 5.92 Å². The minimum Gasteiger partial charge on any atom is -0.210 e. The fourth-order valence-corrected chi connectivity index (χ4v) is 5.02. The van der Waals surface area contributed by atoms with Gasteiger partial charge in [-0.05, 0) is 46.0 Å². The van der Waals surface area contributed by atoms with E-state index in [1.165, 1.54) is 11.3 Å². The molecule has 0 aliphatic carbocycles. The zero-order chi connectivity index (χ0) is 12.2. The first-order valence-electron chi connectivity index (χ1n) is 4.69. The molecule has 1 N–H and O–H groups in total. The van der Waals surface area contributed by atoms with Crippen molar-refractivity contribution in [3.63, 3.8) is 0 Å². The minimum absolute atomic E-state index is 0.341. The molecule has 3 nitrogen and oxygen atoms in total. The van der Waals surface area contributed by atoms with Gasteiger partial charge in [-0.3, -0.25) is 0 Å². The molecular weight excluding hydrogens is 330 g/mol. The lowest BCUT2D eigenvalue weighted by atomic mass is 10.2. The Balaban J connectivity index is 2.59. The van der Waals surface area contributed by atoms with Crippen LogP contribution in [0.15, 0.2) is 20.1 Å². The van der Waals surface area contributed by atoms with Crippen LogP contribution in [0.25, 0.3) is 0 Å². The first-order valence-corrected chi connectivity index (χ1v) is 9.18. The second kappa shape index (κ2) is 6.39. The first kappa shape index (κ1) is 14.5. The predicted octanol–water partition coefficient (Wildman–Crippen LogP) is 2.79. The monoisotopic (exact) mass is 343 g/mol. The van der Waals surface area contributed by atoms with Crippen molar-refractivity contribution in [1.82, 2.24) is 4.72 Å². The van der Waals surface area contributed by atoms with Gasteiger partial charge in [0.1, 0.15) is 4.21 Å². The summed E-state index contributed by atoms with van der Waals surface area (Å²) in [6, 6.07) is 3.35. The average molecular weight is 344 g/mol. The second-order valence-electron chi connectivity index (χ2n) is 3.47. The van der Waals surface area contributed by atoms with Gasteiger partial charge in [0.2, 0.25) is 10.0 Å². The summed E-state index contributed by atoms with van der Waals surface area (Å²) in [5.74, 6) is 1.30. The van der Waals surface area contributed by atoms with Crippen LogP contribution in [0.2, 0.25) is 0 Å². The summed E-state index contributed by atoms with van der Waals surface area (Å²) < 4.78 is 27.5. The number of thiophene rings is 1. The number of thioether (sulfide) groups is 1. The molecule has 0 aliphatic heterocycles. The van der Waals surface area contributed by atoms with Gasteiger partial charge >= 0.3 is 0 Å². The Kier molecular flexibility index (Phi) is 5.79. The van der Waals surface area contributed by atoms with Gasteiger partial charge in [-0.15, -0.1) is 11.3 Å². The molecule has 0 aromatic carbocycles. The molecule has 0 fully saturated rings. The molecular formula is C9H14BrNO2S3. The molecule has 0 aliphatic rings. The number of nitrogens with one attached hydrogen (secondary N) is 1. The quantitative estimate of drug-likeness (QED) is 0.863. The van der Waals surface area contributed by atoms with Crippen LogP contribution in [-0.4, -0.2) is 27.0 Å². The lowest BCUT2D eigenvalue weighted by molar-refractivity contribution is 0.564. The van der Waals surface area contributed by atoms with Crippen molar-refractivity contribution in [3.05, 3.63) is 15.9 Å². The summed E-state index contributed by atoms with van der Waals surface area (Å²) in [6.07, 6.45) is 2.02. The molecule has 0 saturated heterocycles. The maximum absolute atomic E-state index is 11.8. The summed E-state index contributed by atoms with van der Waals surface area (Å²) in [7, 11) is -3.32. The summed E-state index contributed by atoms with van der Waals surface area (Å²) in [6.45, 7) is 2.52. The molecule has 1 atom stereocenters. The zero-order valence-electron chi connectivity index (χ0n) is 9.07. The van der Waals surface area contributed by atoms with E-state index in [0.29, 0.717) is 16.7 Å².